The number of nitrogens with zero attached hydrogens (tertiary/aromatic N) is 3. The number of furan rings is 2. The minimum Gasteiger partial charge on any atom is -0.452 e. The van der Waals surface area contributed by atoms with E-state index in [1.807, 2.05) is 48.9 Å². The van der Waals surface area contributed by atoms with Gasteiger partial charge in [-0.1, -0.05) is 18.2 Å². The molecule has 144 valence electrons. The Labute approximate surface area is 174 Å². The average molecular weight is 399 g/mol. The Morgan fingerprint density at radius 3 is 2.42 bits per heavy atom. The second kappa shape index (κ2) is 5.21. The van der Waals surface area contributed by atoms with Crippen LogP contribution in [0.1, 0.15) is 0 Å². The van der Waals surface area contributed by atoms with Crippen molar-refractivity contribution >= 4 is 71.3 Å². The molecule has 8 rings (SSSR count). The Hall–Kier alpha value is -4.38. The monoisotopic (exact) mass is 399 g/mol. The van der Waals surface area contributed by atoms with E-state index in [2.05, 4.69) is 44.7 Å². The third-order valence-corrected chi connectivity index (χ3v) is 6.31. The largest absolute Gasteiger partial charge is 0.452 e. The summed E-state index contributed by atoms with van der Waals surface area (Å²) >= 11 is 0. The number of imidazole rings is 1. The molecule has 5 heterocycles. The van der Waals surface area contributed by atoms with E-state index in [-0.39, 0.29) is 0 Å². The fraction of sp³-hybridized carbons (Fsp3) is 0. The van der Waals surface area contributed by atoms with Crippen molar-refractivity contribution in [2.75, 3.05) is 0 Å². The highest BCUT2D eigenvalue weighted by Crippen LogP contribution is 2.42. The van der Waals surface area contributed by atoms with Crippen LogP contribution in [0.25, 0.3) is 71.3 Å². The summed E-state index contributed by atoms with van der Waals surface area (Å²) in [5.41, 5.74) is 6.11. The van der Waals surface area contributed by atoms with Crippen LogP contribution < -0.4 is 0 Å². The number of benzene rings is 3. The Balaban J connectivity index is 1.67. The lowest BCUT2D eigenvalue weighted by atomic mass is 10.0. The lowest BCUT2D eigenvalue weighted by Gasteiger charge is -2.08. The molecule has 0 radical (unpaired) electrons. The van der Waals surface area contributed by atoms with Gasteiger partial charge in [0.05, 0.1) is 16.4 Å². The molecule has 0 fully saturated rings. The Morgan fingerprint density at radius 1 is 0.613 bits per heavy atom. The van der Waals surface area contributed by atoms with E-state index in [0.717, 1.165) is 71.3 Å². The van der Waals surface area contributed by atoms with Crippen LogP contribution >= 0.6 is 0 Å². The van der Waals surface area contributed by atoms with Crippen molar-refractivity contribution in [1.29, 1.82) is 0 Å². The molecule has 0 aliphatic carbocycles. The van der Waals surface area contributed by atoms with Gasteiger partial charge in [0.1, 0.15) is 16.8 Å². The highest BCUT2D eigenvalue weighted by molar-refractivity contribution is 6.27. The molecule has 0 amide bonds. The van der Waals surface area contributed by atoms with Crippen molar-refractivity contribution in [3.63, 3.8) is 0 Å². The number of aromatic nitrogens is 3. The first-order chi connectivity index (χ1) is 15.4. The summed E-state index contributed by atoms with van der Waals surface area (Å²) in [5, 5.41) is 6.33. The minimum atomic E-state index is 0.769. The van der Waals surface area contributed by atoms with Gasteiger partial charge in [-0.15, -0.1) is 0 Å². The zero-order valence-electron chi connectivity index (χ0n) is 16.2. The van der Waals surface area contributed by atoms with E-state index >= 15 is 0 Å². The van der Waals surface area contributed by atoms with Gasteiger partial charge in [0, 0.05) is 45.5 Å². The van der Waals surface area contributed by atoms with Gasteiger partial charge < -0.3 is 8.83 Å². The molecular formula is C26H13N3O2. The molecular weight excluding hydrogens is 386 g/mol. The van der Waals surface area contributed by atoms with Crippen molar-refractivity contribution in [3.05, 3.63) is 79.3 Å². The van der Waals surface area contributed by atoms with Crippen molar-refractivity contribution in [2.24, 2.45) is 0 Å². The second-order valence-corrected chi connectivity index (χ2v) is 7.87. The Bertz CT molecular complexity index is 2010. The van der Waals surface area contributed by atoms with Crippen LogP contribution in [0.5, 0.6) is 0 Å². The molecule has 0 bridgehead atoms. The molecule has 0 saturated carbocycles. The van der Waals surface area contributed by atoms with E-state index < -0.39 is 0 Å². The van der Waals surface area contributed by atoms with Crippen LogP contribution in [0.4, 0.5) is 0 Å². The standard InChI is InChI=1S/C26H13N3O2/c1-2-6-19-14(4-1)15-7-8-16-21-20(31-25(16)24(15)30-19)10-9-17-22-18(5-3-11-27-22)26-28-12-13-29(26)23(17)21/h1-13H. The molecule has 0 N–H and O–H groups in total. The number of fused-ring (bicyclic) bond motifs is 14. The van der Waals surface area contributed by atoms with Gasteiger partial charge in [-0.05, 0) is 42.5 Å². The van der Waals surface area contributed by atoms with Gasteiger partial charge in [0.15, 0.2) is 11.2 Å². The molecule has 3 aromatic carbocycles. The number of hydrogen-bond acceptors (Lipinski definition) is 4. The van der Waals surface area contributed by atoms with Gasteiger partial charge in [-0.2, -0.15) is 0 Å². The van der Waals surface area contributed by atoms with Gasteiger partial charge in [0.25, 0.3) is 0 Å². The normalized spacial score (nSPS) is 12.5. The molecule has 31 heavy (non-hydrogen) atoms. The van der Waals surface area contributed by atoms with E-state index in [9.17, 15) is 0 Å². The summed E-state index contributed by atoms with van der Waals surface area (Å²) in [7, 11) is 0. The van der Waals surface area contributed by atoms with Crippen molar-refractivity contribution in [1.82, 2.24) is 14.4 Å². The van der Waals surface area contributed by atoms with Gasteiger partial charge in [-0.25, -0.2) is 4.98 Å². The first-order valence-electron chi connectivity index (χ1n) is 10.2. The Morgan fingerprint density at radius 2 is 1.42 bits per heavy atom. The van der Waals surface area contributed by atoms with Gasteiger partial charge in [0.2, 0.25) is 0 Å². The first-order valence-corrected chi connectivity index (χ1v) is 10.2. The predicted octanol–water partition coefficient (Wildman–Crippen LogP) is 6.83. The minimum absolute atomic E-state index is 0.769. The highest BCUT2D eigenvalue weighted by atomic mass is 16.4. The van der Waals surface area contributed by atoms with Crippen LogP contribution in [0.15, 0.2) is 88.1 Å². The topological polar surface area (TPSA) is 56.5 Å². The van der Waals surface area contributed by atoms with Crippen LogP contribution in [0.3, 0.4) is 0 Å². The van der Waals surface area contributed by atoms with Crippen molar-refractivity contribution in [3.8, 4) is 0 Å². The summed E-state index contributed by atoms with van der Waals surface area (Å²) in [6.07, 6.45) is 5.67. The predicted molar refractivity (Wildman–Crippen MR) is 123 cm³/mol. The van der Waals surface area contributed by atoms with E-state index in [1.54, 1.807) is 0 Å². The molecule has 0 aliphatic heterocycles. The quantitative estimate of drug-likeness (QED) is 0.262. The SMILES string of the molecule is c1ccc2c(c1)oc1c2ccc2c1oc1ccc3c4ncccc4c4nccn4c3c12. The highest BCUT2D eigenvalue weighted by Gasteiger charge is 2.20. The third-order valence-electron chi connectivity index (χ3n) is 6.31. The number of pyridine rings is 2. The molecule has 0 atom stereocenters. The third kappa shape index (κ3) is 1.78. The van der Waals surface area contributed by atoms with Crippen molar-refractivity contribution in [2.45, 2.75) is 0 Å². The molecule has 0 aliphatic rings. The summed E-state index contributed by atoms with van der Waals surface area (Å²) in [5.74, 6) is 0. The summed E-state index contributed by atoms with van der Waals surface area (Å²) < 4.78 is 14.8. The average Bonchev–Trinajstić information content (AvgIpc) is 3.53. The van der Waals surface area contributed by atoms with Gasteiger partial charge in [-0.3, -0.25) is 9.38 Å². The van der Waals surface area contributed by atoms with E-state index in [1.165, 1.54) is 0 Å². The van der Waals surface area contributed by atoms with Crippen LogP contribution in [0.2, 0.25) is 0 Å². The zero-order valence-corrected chi connectivity index (χ0v) is 16.2. The zero-order chi connectivity index (χ0) is 20.1. The molecule has 0 unspecified atom stereocenters. The maximum Gasteiger partial charge on any atom is 0.178 e. The fourth-order valence-corrected chi connectivity index (χ4v) is 5.02. The molecule has 8 aromatic rings. The van der Waals surface area contributed by atoms with Crippen LogP contribution in [0, 0.1) is 0 Å². The molecule has 5 aromatic heterocycles. The first kappa shape index (κ1) is 15.5. The fourth-order valence-electron chi connectivity index (χ4n) is 5.02. The molecule has 5 heteroatoms. The summed E-state index contributed by atoms with van der Waals surface area (Å²) in [6, 6.07) is 20.5. The van der Waals surface area contributed by atoms with Crippen LogP contribution in [-0.4, -0.2) is 14.4 Å². The maximum atomic E-state index is 6.39. The molecule has 0 spiro atoms. The Kier molecular flexibility index (Phi) is 2.60. The van der Waals surface area contributed by atoms with E-state index in [0.29, 0.717) is 0 Å². The van der Waals surface area contributed by atoms with Gasteiger partial charge >= 0.3 is 0 Å². The lowest BCUT2D eigenvalue weighted by molar-refractivity contribution is 0.633. The second-order valence-electron chi connectivity index (χ2n) is 7.87. The number of rotatable bonds is 0. The summed E-state index contributed by atoms with van der Waals surface area (Å²) in [6.45, 7) is 0. The van der Waals surface area contributed by atoms with E-state index in [4.69, 9.17) is 8.83 Å². The van der Waals surface area contributed by atoms with Crippen molar-refractivity contribution < 1.29 is 8.83 Å². The number of para-hydroxylation sites is 1. The number of hydrogen-bond donors (Lipinski definition) is 0. The molecule has 5 nitrogen and oxygen atoms in total. The maximum absolute atomic E-state index is 6.39. The molecule has 0 saturated heterocycles. The smallest absolute Gasteiger partial charge is 0.178 e. The van der Waals surface area contributed by atoms with Crippen LogP contribution in [-0.2, 0) is 0 Å². The summed E-state index contributed by atoms with van der Waals surface area (Å²) in [4.78, 5) is 9.31. The lowest BCUT2D eigenvalue weighted by Crippen LogP contribution is -1.92.